The topological polar surface area (TPSA) is 114 Å². The van der Waals surface area contributed by atoms with Crippen LogP contribution in [0.2, 0.25) is 5.02 Å². The standard InChI is InChI=1S/C12H13ClN2O.C7H8O3S/c1-12(2,16)11-9(14)6-7-5-8(13)3-4-10(7)15-11;1-6-2-4-7(5-3-6)11(8,9)10/h3-6,16H,14H2,1-2H3;2-5H,1H3,(H,8,9,10). The Balaban J connectivity index is 0.000000208. The fourth-order valence-electron chi connectivity index (χ4n) is 2.36. The van der Waals surface area contributed by atoms with Crippen LogP contribution in [-0.2, 0) is 15.7 Å². The van der Waals surface area contributed by atoms with Gasteiger partial charge in [-0.3, -0.25) is 4.55 Å². The summed E-state index contributed by atoms with van der Waals surface area (Å²) in [5, 5.41) is 11.4. The zero-order valence-corrected chi connectivity index (χ0v) is 16.7. The van der Waals surface area contributed by atoms with E-state index in [1.165, 1.54) is 12.1 Å². The Morgan fingerprint density at radius 1 is 1.07 bits per heavy atom. The third-order valence-electron chi connectivity index (χ3n) is 3.70. The fourth-order valence-corrected chi connectivity index (χ4v) is 3.02. The molecule has 27 heavy (non-hydrogen) atoms. The zero-order valence-electron chi connectivity index (χ0n) is 15.1. The molecule has 0 unspecified atom stereocenters. The molecule has 0 fully saturated rings. The van der Waals surface area contributed by atoms with Crippen LogP contribution < -0.4 is 5.73 Å². The van der Waals surface area contributed by atoms with E-state index in [1.54, 1.807) is 44.2 Å². The highest BCUT2D eigenvalue weighted by molar-refractivity contribution is 7.85. The second-order valence-electron chi connectivity index (χ2n) is 6.61. The van der Waals surface area contributed by atoms with Crippen molar-refractivity contribution in [1.29, 1.82) is 0 Å². The Morgan fingerprint density at radius 3 is 2.19 bits per heavy atom. The van der Waals surface area contributed by atoms with Crippen LogP contribution in [0.4, 0.5) is 5.69 Å². The highest BCUT2D eigenvalue weighted by atomic mass is 35.5. The highest BCUT2D eigenvalue weighted by Gasteiger charge is 2.21. The summed E-state index contributed by atoms with van der Waals surface area (Å²) in [7, 11) is -4.02. The lowest BCUT2D eigenvalue weighted by Gasteiger charge is -2.19. The maximum absolute atomic E-state index is 10.5. The number of nitrogens with two attached hydrogens (primary N) is 1. The minimum absolute atomic E-state index is 0.0666. The molecule has 1 heterocycles. The van der Waals surface area contributed by atoms with Gasteiger partial charge in [0.05, 0.1) is 21.8 Å². The van der Waals surface area contributed by atoms with Gasteiger partial charge in [0.15, 0.2) is 0 Å². The number of hydrogen-bond donors (Lipinski definition) is 3. The molecule has 1 aromatic heterocycles. The van der Waals surface area contributed by atoms with E-state index in [1.807, 2.05) is 13.0 Å². The Labute approximate surface area is 163 Å². The molecule has 0 bridgehead atoms. The minimum Gasteiger partial charge on any atom is -0.397 e. The number of benzene rings is 2. The number of nitrogen functional groups attached to an aromatic ring is 1. The van der Waals surface area contributed by atoms with Crippen molar-refractivity contribution in [2.24, 2.45) is 0 Å². The first-order valence-corrected chi connectivity index (χ1v) is 9.82. The Hall–Kier alpha value is -2.19. The van der Waals surface area contributed by atoms with Crippen molar-refractivity contribution in [3.05, 3.63) is 64.8 Å². The lowest BCUT2D eigenvalue weighted by Crippen LogP contribution is -2.19. The van der Waals surface area contributed by atoms with E-state index >= 15 is 0 Å². The second-order valence-corrected chi connectivity index (χ2v) is 8.47. The molecule has 2 aromatic carbocycles. The molecule has 0 saturated carbocycles. The Bertz CT molecular complexity index is 1060. The number of fused-ring (bicyclic) bond motifs is 1. The van der Waals surface area contributed by atoms with Gasteiger partial charge < -0.3 is 10.8 Å². The van der Waals surface area contributed by atoms with E-state index in [-0.39, 0.29) is 4.90 Å². The number of nitrogens with zero attached hydrogens (tertiary/aromatic N) is 1. The number of aromatic nitrogens is 1. The lowest BCUT2D eigenvalue weighted by molar-refractivity contribution is 0.0751. The molecule has 0 amide bonds. The molecule has 144 valence electrons. The maximum Gasteiger partial charge on any atom is 0.294 e. The van der Waals surface area contributed by atoms with Crippen LogP contribution in [0.15, 0.2) is 53.4 Å². The van der Waals surface area contributed by atoms with Crippen LogP contribution in [0.3, 0.4) is 0 Å². The van der Waals surface area contributed by atoms with Crippen molar-refractivity contribution in [2.75, 3.05) is 5.73 Å². The van der Waals surface area contributed by atoms with Gasteiger partial charge in [-0.05, 0) is 57.2 Å². The van der Waals surface area contributed by atoms with Crippen LogP contribution in [0, 0.1) is 6.92 Å². The largest absolute Gasteiger partial charge is 0.397 e. The summed E-state index contributed by atoms with van der Waals surface area (Å²) < 4.78 is 29.6. The van der Waals surface area contributed by atoms with Crippen LogP contribution in [0.25, 0.3) is 10.9 Å². The lowest BCUT2D eigenvalue weighted by atomic mass is 10.0. The predicted octanol–water partition coefficient (Wildman–Crippen LogP) is 3.94. The van der Waals surface area contributed by atoms with E-state index in [0.29, 0.717) is 16.4 Å². The van der Waals surface area contributed by atoms with E-state index in [2.05, 4.69) is 4.98 Å². The van der Waals surface area contributed by atoms with Crippen LogP contribution in [0.1, 0.15) is 25.1 Å². The first-order chi connectivity index (χ1) is 12.4. The minimum atomic E-state index is -4.02. The number of anilines is 1. The van der Waals surface area contributed by atoms with Crippen molar-refractivity contribution < 1.29 is 18.1 Å². The summed E-state index contributed by atoms with van der Waals surface area (Å²) in [5.74, 6) is 0. The zero-order chi connectivity index (χ0) is 20.4. The number of aryl methyl sites for hydroxylation is 1. The predicted molar refractivity (Wildman–Crippen MR) is 107 cm³/mol. The molecule has 0 radical (unpaired) electrons. The first-order valence-electron chi connectivity index (χ1n) is 8.01. The average molecular weight is 409 g/mol. The van der Waals surface area contributed by atoms with E-state index in [4.69, 9.17) is 21.9 Å². The van der Waals surface area contributed by atoms with Gasteiger partial charge in [0, 0.05) is 10.4 Å². The maximum atomic E-state index is 10.5. The summed E-state index contributed by atoms with van der Waals surface area (Å²) in [5.41, 5.74) is 7.51. The Kier molecular flexibility index (Phi) is 6.11. The van der Waals surface area contributed by atoms with Crippen molar-refractivity contribution in [1.82, 2.24) is 4.98 Å². The van der Waals surface area contributed by atoms with Gasteiger partial charge in [0.1, 0.15) is 5.60 Å². The normalized spacial score (nSPS) is 11.8. The first kappa shape index (κ1) is 21.1. The van der Waals surface area contributed by atoms with Crippen molar-refractivity contribution >= 4 is 38.3 Å². The number of aliphatic hydroxyl groups is 1. The molecule has 0 atom stereocenters. The van der Waals surface area contributed by atoms with Gasteiger partial charge in [-0.15, -0.1) is 0 Å². The highest BCUT2D eigenvalue weighted by Crippen LogP contribution is 2.28. The summed E-state index contributed by atoms with van der Waals surface area (Å²) in [6, 6.07) is 13.1. The van der Waals surface area contributed by atoms with E-state index < -0.39 is 15.7 Å². The summed E-state index contributed by atoms with van der Waals surface area (Å²) in [6.45, 7) is 5.16. The smallest absolute Gasteiger partial charge is 0.294 e. The molecule has 6 nitrogen and oxygen atoms in total. The molecular formula is C19H21ClN2O4S. The number of rotatable bonds is 2. The van der Waals surface area contributed by atoms with Gasteiger partial charge >= 0.3 is 0 Å². The van der Waals surface area contributed by atoms with Gasteiger partial charge in [-0.1, -0.05) is 29.3 Å². The van der Waals surface area contributed by atoms with Gasteiger partial charge in [-0.25, -0.2) is 4.98 Å². The fraction of sp³-hybridized carbons (Fsp3) is 0.211. The third kappa shape index (κ3) is 5.64. The van der Waals surface area contributed by atoms with E-state index in [9.17, 15) is 13.5 Å². The molecule has 0 aliphatic rings. The van der Waals surface area contributed by atoms with Crippen LogP contribution in [0.5, 0.6) is 0 Å². The van der Waals surface area contributed by atoms with Crippen LogP contribution in [-0.4, -0.2) is 23.1 Å². The summed E-state index contributed by atoms with van der Waals surface area (Å²) in [6.07, 6.45) is 0. The molecule has 8 heteroatoms. The molecule has 0 spiro atoms. The van der Waals surface area contributed by atoms with Crippen molar-refractivity contribution in [3.8, 4) is 0 Å². The molecule has 0 saturated heterocycles. The average Bonchev–Trinajstić information content (AvgIpc) is 2.53. The third-order valence-corrected chi connectivity index (χ3v) is 4.81. The van der Waals surface area contributed by atoms with Gasteiger partial charge in [-0.2, -0.15) is 8.42 Å². The molecular weight excluding hydrogens is 388 g/mol. The van der Waals surface area contributed by atoms with Gasteiger partial charge in [0.25, 0.3) is 10.1 Å². The summed E-state index contributed by atoms with van der Waals surface area (Å²) >= 11 is 5.88. The van der Waals surface area contributed by atoms with Gasteiger partial charge in [0.2, 0.25) is 0 Å². The number of halogens is 1. The van der Waals surface area contributed by atoms with E-state index in [0.717, 1.165) is 16.5 Å². The molecule has 3 aromatic rings. The SMILES string of the molecule is CC(C)(O)c1nc2ccc(Cl)cc2cc1N.Cc1ccc(S(=O)(=O)O)cc1. The number of hydrogen-bond acceptors (Lipinski definition) is 5. The second kappa shape index (κ2) is 7.82. The quantitative estimate of drug-likeness (QED) is 0.553. The van der Waals surface area contributed by atoms with Crippen molar-refractivity contribution in [2.45, 2.75) is 31.3 Å². The summed E-state index contributed by atoms with van der Waals surface area (Å²) in [4.78, 5) is 4.29. The van der Waals surface area contributed by atoms with Crippen LogP contribution >= 0.6 is 11.6 Å². The molecule has 4 N–H and O–H groups in total. The van der Waals surface area contributed by atoms with Crippen molar-refractivity contribution in [3.63, 3.8) is 0 Å². The Morgan fingerprint density at radius 2 is 1.67 bits per heavy atom. The molecule has 3 rings (SSSR count). The number of pyridine rings is 1. The molecule has 0 aliphatic heterocycles. The monoisotopic (exact) mass is 408 g/mol. The molecule has 0 aliphatic carbocycles.